The maximum Gasteiger partial charge on any atom is 0.395 e. The Bertz CT molecular complexity index is 136. The predicted octanol–water partition coefficient (Wildman–Crippen LogP) is 0.783. The van der Waals surface area contributed by atoms with E-state index in [0.29, 0.717) is 6.54 Å². The first-order valence-corrected chi connectivity index (χ1v) is 3.36. The summed E-state index contributed by atoms with van der Waals surface area (Å²) in [5.74, 6) is -1.34. The van der Waals surface area contributed by atoms with Crippen LogP contribution < -0.4 is 5.32 Å². The van der Waals surface area contributed by atoms with Crippen LogP contribution in [0.4, 0.5) is 13.2 Å². The molecule has 0 aromatic carbocycles. The monoisotopic (exact) mass is 169 g/mol. The second-order valence-corrected chi connectivity index (χ2v) is 2.58. The van der Waals surface area contributed by atoms with Gasteiger partial charge in [-0.1, -0.05) is 0 Å². The van der Waals surface area contributed by atoms with E-state index in [1.165, 1.54) is 7.11 Å². The molecule has 1 heterocycles. The zero-order valence-electron chi connectivity index (χ0n) is 6.11. The van der Waals surface area contributed by atoms with Crippen LogP contribution in [-0.4, -0.2) is 32.5 Å². The summed E-state index contributed by atoms with van der Waals surface area (Å²) in [6, 6.07) is 0. The van der Waals surface area contributed by atoms with Crippen molar-refractivity contribution >= 4 is 0 Å². The molecule has 0 aliphatic carbocycles. The van der Waals surface area contributed by atoms with Gasteiger partial charge in [0.05, 0.1) is 12.0 Å². The molecular formula is C6H10F3NO. The highest BCUT2D eigenvalue weighted by atomic mass is 19.4. The van der Waals surface area contributed by atoms with E-state index in [1.54, 1.807) is 0 Å². The van der Waals surface area contributed by atoms with Gasteiger partial charge in [0.25, 0.3) is 0 Å². The van der Waals surface area contributed by atoms with Crippen LogP contribution in [0.1, 0.15) is 0 Å². The van der Waals surface area contributed by atoms with E-state index < -0.39 is 18.2 Å². The molecule has 66 valence electrons. The minimum absolute atomic E-state index is 0.0258. The summed E-state index contributed by atoms with van der Waals surface area (Å²) in [6.07, 6.45) is -4.85. The van der Waals surface area contributed by atoms with E-state index in [2.05, 4.69) is 10.1 Å². The number of methoxy groups -OCH3 is 1. The highest BCUT2D eigenvalue weighted by Gasteiger charge is 2.47. The highest BCUT2D eigenvalue weighted by molar-refractivity contribution is 4.86. The summed E-state index contributed by atoms with van der Waals surface area (Å²) in [5, 5.41) is 2.63. The third-order valence-corrected chi connectivity index (χ3v) is 1.88. The molecule has 1 aliphatic rings. The largest absolute Gasteiger partial charge is 0.395 e. The molecule has 0 radical (unpaired) electrons. The van der Waals surface area contributed by atoms with Crippen molar-refractivity contribution in [1.82, 2.24) is 5.32 Å². The van der Waals surface area contributed by atoms with Gasteiger partial charge in [0.15, 0.2) is 0 Å². The Morgan fingerprint density at radius 2 is 2.00 bits per heavy atom. The van der Waals surface area contributed by atoms with Crippen molar-refractivity contribution in [2.45, 2.75) is 12.3 Å². The van der Waals surface area contributed by atoms with Gasteiger partial charge in [-0.3, -0.25) is 0 Å². The fraction of sp³-hybridized carbons (Fsp3) is 1.00. The zero-order valence-corrected chi connectivity index (χ0v) is 6.11. The van der Waals surface area contributed by atoms with E-state index in [-0.39, 0.29) is 6.54 Å². The molecule has 1 saturated heterocycles. The van der Waals surface area contributed by atoms with Gasteiger partial charge >= 0.3 is 6.18 Å². The van der Waals surface area contributed by atoms with Gasteiger partial charge < -0.3 is 10.1 Å². The zero-order chi connectivity index (χ0) is 8.48. The van der Waals surface area contributed by atoms with E-state index in [4.69, 9.17) is 0 Å². The van der Waals surface area contributed by atoms with Crippen LogP contribution in [0, 0.1) is 5.92 Å². The van der Waals surface area contributed by atoms with Crippen LogP contribution in [0.25, 0.3) is 0 Å². The Kier molecular flexibility index (Phi) is 2.39. The number of hydrogen-bond donors (Lipinski definition) is 1. The first kappa shape index (κ1) is 8.80. The van der Waals surface area contributed by atoms with E-state index in [9.17, 15) is 13.2 Å². The van der Waals surface area contributed by atoms with Gasteiger partial charge in [-0.25, -0.2) is 0 Å². The normalized spacial score (nSPS) is 32.7. The lowest BCUT2D eigenvalue weighted by Gasteiger charge is -2.19. The number of alkyl halides is 3. The Labute approximate surface area is 62.7 Å². The molecule has 0 spiro atoms. The van der Waals surface area contributed by atoms with Crippen molar-refractivity contribution in [1.29, 1.82) is 0 Å². The van der Waals surface area contributed by atoms with Gasteiger partial charge in [-0.05, 0) is 0 Å². The van der Waals surface area contributed by atoms with Crippen molar-refractivity contribution in [3.63, 3.8) is 0 Å². The van der Waals surface area contributed by atoms with Gasteiger partial charge in [-0.15, -0.1) is 0 Å². The predicted molar refractivity (Wildman–Crippen MR) is 33.2 cm³/mol. The van der Waals surface area contributed by atoms with Crippen molar-refractivity contribution < 1.29 is 17.9 Å². The lowest BCUT2D eigenvalue weighted by atomic mass is 10.1. The lowest BCUT2D eigenvalue weighted by Crippen LogP contribution is -2.33. The van der Waals surface area contributed by atoms with Crippen LogP contribution in [0.15, 0.2) is 0 Å². The second-order valence-electron chi connectivity index (χ2n) is 2.58. The first-order chi connectivity index (χ1) is 5.05. The average Bonchev–Trinajstić information content (AvgIpc) is 2.31. The van der Waals surface area contributed by atoms with E-state index >= 15 is 0 Å². The number of ether oxygens (including phenoxy) is 1. The molecule has 1 N–H and O–H groups in total. The summed E-state index contributed by atoms with van der Waals surface area (Å²) in [5.41, 5.74) is 0. The second kappa shape index (κ2) is 2.98. The molecule has 5 heteroatoms. The molecule has 0 bridgehead atoms. The fourth-order valence-electron chi connectivity index (χ4n) is 1.23. The van der Waals surface area contributed by atoms with Gasteiger partial charge in [0.2, 0.25) is 0 Å². The van der Waals surface area contributed by atoms with Crippen molar-refractivity contribution in [2.24, 2.45) is 5.92 Å². The molecule has 0 aromatic rings. The van der Waals surface area contributed by atoms with Crippen LogP contribution >= 0.6 is 0 Å². The Balaban J connectivity index is 2.57. The molecule has 11 heavy (non-hydrogen) atoms. The minimum atomic E-state index is -4.13. The molecule has 2 atom stereocenters. The van der Waals surface area contributed by atoms with Crippen molar-refractivity contribution in [3.05, 3.63) is 0 Å². The third-order valence-electron chi connectivity index (χ3n) is 1.88. The maximum absolute atomic E-state index is 12.1. The highest BCUT2D eigenvalue weighted by Crippen LogP contribution is 2.31. The SMILES string of the molecule is CO[C@@H]1CNC[C@@H]1C(F)(F)F. The van der Waals surface area contributed by atoms with Crippen LogP contribution in [0.2, 0.25) is 0 Å². The Hall–Kier alpha value is -0.290. The summed E-state index contributed by atoms with van der Waals surface area (Å²) in [7, 11) is 1.30. The Morgan fingerprint density at radius 3 is 2.36 bits per heavy atom. The molecule has 2 nitrogen and oxygen atoms in total. The fourth-order valence-corrected chi connectivity index (χ4v) is 1.23. The number of halogens is 3. The molecule has 0 aromatic heterocycles. The quantitative estimate of drug-likeness (QED) is 0.626. The molecule has 1 rings (SSSR count). The van der Waals surface area contributed by atoms with Crippen LogP contribution in [-0.2, 0) is 4.74 Å². The molecule has 0 amide bonds. The van der Waals surface area contributed by atoms with Gasteiger partial charge in [0, 0.05) is 20.2 Å². The Morgan fingerprint density at radius 1 is 1.36 bits per heavy atom. The number of hydrogen-bond acceptors (Lipinski definition) is 2. The van der Waals surface area contributed by atoms with Crippen LogP contribution in [0.3, 0.4) is 0 Å². The topological polar surface area (TPSA) is 21.3 Å². The molecular weight excluding hydrogens is 159 g/mol. The van der Waals surface area contributed by atoms with Crippen LogP contribution in [0.5, 0.6) is 0 Å². The molecule has 1 aliphatic heterocycles. The number of nitrogens with one attached hydrogen (secondary N) is 1. The van der Waals surface area contributed by atoms with Crippen molar-refractivity contribution in [3.8, 4) is 0 Å². The summed E-state index contributed by atoms with van der Waals surface area (Å²) in [4.78, 5) is 0. The lowest BCUT2D eigenvalue weighted by molar-refractivity contribution is -0.191. The van der Waals surface area contributed by atoms with Crippen molar-refractivity contribution in [2.75, 3.05) is 20.2 Å². The smallest absolute Gasteiger partial charge is 0.379 e. The van der Waals surface area contributed by atoms with E-state index in [1.807, 2.05) is 0 Å². The third kappa shape index (κ3) is 1.84. The molecule has 0 unspecified atom stereocenters. The average molecular weight is 169 g/mol. The maximum atomic E-state index is 12.1. The van der Waals surface area contributed by atoms with E-state index in [0.717, 1.165) is 0 Å². The summed E-state index contributed by atoms with van der Waals surface area (Å²) < 4.78 is 40.9. The minimum Gasteiger partial charge on any atom is -0.379 e. The van der Waals surface area contributed by atoms with Gasteiger partial charge in [-0.2, -0.15) is 13.2 Å². The summed E-state index contributed by atoms with van der Waals surface area (Å²) in [6.45, 7) is 0.267. The standard InChI is InChI=1S/C6H10F3NO/c1-11-5-3-10-2-4(5)6(7,8)9/h4-5,10H,2-3H2,1H3/t4-,5+/m0/s1. The molecule has 0 saturated carbocycles. The van der Waals surface area contributed by atoms with Gasteiger partial charge in [0.1, 0.15) is 0 Å². The molecule has 1 fully saturated rings. The summed E-state index contributed by atoms with van der Waals surface area (Å²) >= 11 is 0. The number of rotatable bonds is 1. The first-order valence-electron chi connectivity index (χ1n) is 3.36.